The lowest BCUT2D eigenvalue weighted by Gasteiger charge is -2.09. The maximum atomic E-state index is 11.1. The lowest BCUT2D eigenvalue weighted by atomic mass is 10.2. The van der Waals surface area contributed by atoms with Crippen LogP contribution in [0.5, 0.6) is 0 Å². The number of hydrogen-bond acceptors (Lipinski definition) is 3. The van der Waals surface area contributed by atoms with Crippen LogP contribution < -0.4 is 11.1 Å². The van der Waals surface area contributed by atoms with E-state index in [-0.39, 0.29) is 5.91 Å². The zero-order chi connectivity index (χ0) is 14.5. The first-order valence-corrected chi connectivity index (χ1v) is 7.34. The lowest BCUT2D eigenvalue weighted by Crippen LogP contribution is -2.07. The number of carbonyl (C=O) groups excluding carboxylic acids is 1. The van der Waals surface area contributed by atoms with Crippen molar-refractivity contribution in [1.29, 1.82) is 0 Å². The van der Waals surface area contributed by atoms with Gasteiger partial charge in [-0.25, -0.2) is 0 Å². The van der Waals surface area contributed by atoms with Gasteiger partial charge in [0, 0.05) is 16.7 Å². The van der Waals surface area contributed by atoms with E-state index < -0.39 is 0 Å². The van der Waals surface area contributed by atoms with Crippen LogP contribution in [0.1, 0.15) is 19.4 Å². The maximum absolute atomic E-state index is 11.1. The van der Waals surface area contributed by atoms with Gasteiger partial charge in [-0.1, -0.05) is 30.8 Å². The summed E-state index contributed by atoms with van der Waals surface area (Å²) in [7, 11) is 0. The van der Waals surface area contributed by atoms with E-state index >= 15 is 0 Å². The fourth-order valence-corrected chi connectivity index (χ4v) is 2.68. The fraction of sp³-hybridized carbons (Fsp3) is 0.188. The summed E-state index contributed by atoms with van der Waals surface area (Å²) in [6, 6.07) is 14.2. The number of nitrogens with two attached hydrogens (primary N) is 1. The Hall–Kier alpha value is -1.94. The molecule has 3 nitrogen and oxygen atoms in total. The van der Waals surface area contributed by atoms with Crippen LogP contribution in [0.4, 0.5) is 11.4 Å². The number of rotatable bonds is 4. The number of anilines is 2. The zero-order valence-electron chi connectivity index (χ0n) is 11.6. The molecule has 2 rings (SSSR count). The Balaban J connectivity index is 2.18. The topological polar surface area (TPSA) is 55.1 Å². The second kappa shape index (κ2) is 6.48. The molecule has 0 spiro atoms. The van der Waals surface area contributed by atoms with Gasteiger partial charge in [0.1, 0.15) is 0 Å². The zero-order valence-corrected chi connectivity index (χ0v) is 12.5. The first-order valence-electron chi connectivity index (χ1n) is 6.52. The Labute approximate surface area is 123 Å². The van der Waals surface area contributed by atoms with Crippen LogP contribution in [-0.4, -0.2) is 5.91 Å². The molecule has 0 saturated carbocycles. The number of amides is 1. The van der Waals surface area contributed by atoms with E-state index in [0.717, 1.165) is 11.3 Å². The molecule has 0 aliphatic heterocycles. The van der Waals surface area contributed by atoms with E-state index in [0.29, 0.717) is 11.4 Å². The van der Waals surface area contributed by atoms with Crippen LogP contribution in [0.25, 0.3) is 0 Å². The third-order valence-corrected chi connectivity index (χ3v) is 3.90. The molecule has 0 radical (unpaired) electrons. The maximum Gasteiger partial charge on any atom is 0.221 e. The minimum Gasteiger partial charge on any atom is -0.397 e. The number of hydrogen-bond donors (Lipinski definition) is 2. The SMILES string of the molecule is CCc1ccc(Sc2ccc(N)c(NC(C)=O)c2)cc1. The van der Waals surface area contributed by atoms with Crippen LogP contribution in [0, 0.1) is 0 Å². The van der Waals surface area contributed by atoms with Gasteiger partial charge in [0.05, 0.1) is 11.4 Å². The summed E-state index contributed by atoms with van der Waals surface area (Å²) in [5.74, 6) is -0.119. The van der Waals surface area contributed by atoms with E-state index in [1.54, 1.807) is 11.8 Å². The monoisotopic (exact) mass is 286 g/mol. The summed E-state index contributed by atoms with van der Waals surface area (Å²) in [6.07, 6.45) is 1.04. The van der Waals surface area contributed by atoms with Gasteiger partial charge in [0.25, 0.3) is 0 Å². The average molecular weight is 286 g/mol. The Bertz CT molecular complexity index is 608. The van der Waals surface area contributed by atoms with E-state index in [1.807, 2.05) is 18.2 Å². The molecule has 0 fully saturated rings. The molecule has 20 heavy (non-hydrogen) atoms. The molecule has 0 saturated heterocycles. The van der Waals surface area contributed by atoms with Crippen LogP contribution in [0.3, 0.4) is 0 Å². The summed E-state index contributed by atoms with van der Waals surface area (Å²) in [5, 5.41) is 2.74. The van der Waals surface area contributed by atoms with Gasteiger partial charge in [-0.05, 0) is 42.3 Å². The molecule has 4 heteroatoms. The summed E-state index contributed by atoms with van der Waals surface area (Å²) >= 11 is 1.65. The summed E-state index contributed by atoms with van der Waals surface area (Å²) in [5.41, 5.74) is 8.40. The summed E-state index contributed by atoms with van der Waals surface area (Å²) in [4.78, 5) is 13.3. The number of aryl methyl sites for hydroxylation is 1. The number of carbonyl (C=O) groups is 1. The highest BCUT2D eigenvalue weighted by Gasteiger charge is 2.04. The first kappa shape index (κ1) is 14.5. The molecule has 3 N–H and O–H groups in total. The van der Waals surface area contributed by atoms with Crippen LogP contribution in [-0.2, 0) is 11.2 Å². The normalized spacial score (nSPS) is 10.3. The van der Waals surface area contributed by atoms with Crippen molar-refractivity contribution in [2.75, 3.05) is 11.1 Å². The quantitative estimate of drug-likeness (QED) is 0.837. The highest BCUT2D eigenvalue weighted by atomic mass is 32.2. The number of benzene rings is 2. The highest BCUT2D eigenvalue weighted by Crippen LogP contribution is 2.32. The summed E-state index contributed by atoms with van der Waals surface area (Å²) < 4.78 is 0. The van der Waals surface area contributed by atoms with Crippen molar-refractivity contribution in [3.63, 3.8) is 0 Å². The third-order valence-electron chi connectivity index (χ3n) is 2.90. The molecule has 0 bridgehead atoms. The number of nitrogens with one attached hydrogen (secondary N) is 1. The van der Waals surface area contributed by atoms with Gasteiger partial charge in [-0.15, -0.1) is 0 Å². The van der Waals surface area contributed by atoms with Crippen molar-refractivity contribution in [3.8, 4) is 0 Å². The molecule has 104 valence electrons. The second-order valence-corrected chi connectivity index (χ2v) is 5.68. The standard InChI is InChI=1S/C16H18N2OS/c1-3-12-4-6-13(7-5-12)20-14-8-9-15(17)16(10-14)18-11(2)19/h4-10H,3,17H2,1-2H3,(H,18,19). The minimum absolute atomic E-state index is 0.119. The van der Waals surface area contributed by atoms with Crippen molar-refractivity contribution in [1.82, 2.24) is 0 Å². The molecule has 0 unspecified atom stereocenters. The number of nitrogen functional groups attached to an aromatic ring is 1. The van der Waals surface area contributed by atoms with Gasteiger partial charge >= 0.3 is 0 Å². The average Bonchev–Trinajstić information content (AvgIpc) is 2.43. The molecule has 2 aromatic carbocycles. The van der Waals surface area contributed by atoms with Crippen LogP contribution in [0.2, 0.25) is 0 Å². The van der Waals surface area contributed by atoms with Crippen LogP contribution in [0.15, 0.2) is 52.3 Å². The molecular formula is C16H18N2OS. The van der Waals surface area contributed by atoms with Crippen molar-refractivity contribution in [2.45, 2.75) is 30.1 Å². The van der Waals surface area contributed by atoms with Gasteiger partial charge in [-0.2, -0.15) is 0 Å². The van der Waals surface area contributed by atoms with Crippen molar-refractivity contribution in [3.05, 3.63) is 48.0 Å². The molecular weight excluding hydrogens is 268 g/mol. The third kappa shape index (κ3) is 3.78. The fourth-order valence-electron chi connectivity index (χ4n) is 1.83. The molecule has 2 aromatic rings. The molecule has 1 amide bonds. The molecule has 0 aliphatic rings. The smallest absolute Gasteiger partial charge is 0.221 e. The predicted octanol–water partition coefficient (Wildman–Crippen LogP) is 3.94. The van der Waals surface area contributed by atoms with Gasteiger partial charge < -0.3 is 11.1 Å². The highest BCUT2D eigenvalue weighted by molar-refractivity contribution is 7.99. The van der Waals surface area contributed by atoms with E-state index in [4.69, 9.17) is 5.73 Å². The predicted molar refractivity (Wildman–Crippen MR) is 85.1 cm³/mol. The molecule has 0 heterocycles. The Morgan fingerprint density at radius 2 is 1.80 bits per heavy atom. The van der Waals surface area contributed by atoms with Crippen LogP contribution >= 0.6 is 11.8 Å². The van der Waals surface area contributed by atoms with Crippen molar-refractivity contribution < 1.29 is 4.79 Å². The van der Waals surface area contributed by atoms with E-state index in [1.165, 1.54) is 17.4 Å². The molecule has 0 aliphatic carbocycles. The minimum atomic E-state index is -0.119. The molecule has 0 aromatic heterocycles. The van der Waals surface area contributed by atoms with E-state index in [2.05, 4.69) is 36.5 Å². The van der Waals surface area contributed by atoms with Crippen molar-refractivity contribution in [2.24, 2.45) is 0 Å². The Kier molecular flexibility index (Phi) is 4.69. The molecule has 0 atom stereocenters. The van der Waals surface area contributed by atoms with E-state index in [9.17, 15) is 4.79 Å². The van der Waals surface area contributed by atoms with Gasteiger partial charge in [0.15, 0.2) is 0 Å². The summed E-state index contributed by atoms with van der Waals surface area (Å²) in [6.45, 7) is 3.62. The Morgan fingerprint density at radius 3 is 2.40 bits per heavy atom. The Morgan fingerprint density at radius 1 is 1.15 bits per heavy atom. The lowest BCUT2D eigenvalue weighted by molar-refractivity contribution is -0.114. The second-order valence-electron chi connectivity index (χ2n) is 4.53. The van der Waals surface area contributed by atoms with Gasteiger partial charge in [0.2, 0.25) is 5.91 Å². The largest absolute Gasteiger partial charge is 0.397 e. The first-order chi connectivity index (χ1) is 9.58. The van der Waals surface area contributed by atoms with Gasteiger partial charge in [-0.3, -0.25) is 4.79 Å². The van der Waals surface area contributed by atoms with Crippen molar-refractivity contribution >= 4 is 29.0 Å².